The summed E-state index contributed by atoms with van der Waals surface area (Å²) in [7, 11) is 0. The number of anilines is 2. The number of phenolic OH excluding ortho intramolecular Hbond substituents is 1. The number of nitrogens with one attached hydrogen (secondary N) is 2. The second-order valence-corrected chi connectivity index (χ2v) is 7.12. The van der Waals surface area contributed by atoms with Crippen LogP contribution in [0.25, 0.3) is 0 Å². The maximum atomic E-state index is 12.5. The Balaban J connectivity index is 1.48. The van der Waals surface area contributed by atoms with Crippen LogP contribution in [0.3, 0.4) is 0 Å². The Morgan fingerprint density at radius 2 is 1.79 bits per heavy atom. The largest absolute Gasteiger partial charge is 0.506 e. The molecular formula is C22H28N4O3. The van der Waals surface area contributed by atoms with Crippen LogP contribution in [-0.2, 0) is 11.3 Å². The van der Waals surface area contributed by atoms with Crippen molar-refractivity contribution < 1.29 is 14.7 Å². The number of nitrogens with zero attached hydrogens (tertiary/aromatic N) is 2. The van der Waals surface area contributed by atoms with Crippen molar-refractivity contribution in [2.75, 3.05) is 36.4 Å². The van der Waals surface area contributed by atoms with Crippen molar-refractivity contribution in [2.24, 2.45) is 0 Å². The summed E-state index contributed by atoms with van der Waals surface area (Å²) in [6.45, 7) is 4.89. The van der Waals surface area contributed by atoms with E-state index in [1.54, 1.807) is 17.0 Å². The van der Waals surface area contributed by atoms with Crippen LogP contribution in [-0.4, -0.2) is 48.1 Å². The predicted molar refractivity (Wildman–Crippen MR) is 114 cm³/mol. The molecular weight excluding hydrogens is 368 g/mol. The van der Waals surface area contributed by atoms with Gasteiger partial charge in [0.05, 0.1) is 5.69 Å². The van der Waals surface area contributed by atoms with Gasteiger partial charge in [0.25, 0.3) is 0 Å². The van der Waals surface area contributed by atoms with Crippen LogP contribution in [0.2, 0.25) is 0 Å². The lowest BCUT2D eigenvalue weighted by Crippen LogP contribution is -2.51. The first-order valence-electron chi connectivity index (χ1n) is 10.0. The first-order chi connectivity index (χ1) is 14.1. The molecule has 0 aliphatic carbocycles. The molecule has 2 aromatic rings. The van der Waals surface area contributed by atoms with E-state index in [1.165, 1.54) is 0 Å². The summed E-state index contributed by atoms with van der Waals surface area (Å²) < 4.78 is 0. The Kier molecular flexibility index (Phi) is 6.94. The van der Waals surface area contributed by atoms with E-state index in [2.05, 4.69) is 15.5 Å². The number of urea groups is 1. The molecule has 7 nitrogen and oxygen atoms in total. The summed E-state index contributed by atoms with van der Waals surface area (Å²) in [5, 5.41) is 15.8. The minimum absolute atomic E-state index is 0.00370. The predicted octanol–water partition coefficient (Wildman–Crippen LogP) is 3.16. The lowest BCUT2D eigenvalue weighted by Gasteiger charge is -2.36. The molecule has 0 aromatic heterocycles. The standard InChI is InChI=1S/C22H28N4O3/c1-2-6-21(28)24-18-8-5-7-17(15-18)16-23-22(29)26-13-11-25(12-14-26)19-9-3-4-10-20(19)27/h3-5,7-10,15,27H,2,6,11-14,16H2,1H3,(H,23,29)(H,24,28). The van der Waals surface area contributed by atoms with E-state index in [1.807, 2.05) is 43.3 Å². The van der Waals surface area contributed by atoms with Gasteiger partial charge in [-0.05, 0) is 36.2 Å². The lowest BCUT2D eigenvalue weighted by atomic mass is 10.2. The Labute approximate surface area is 171 Å². The Morgan fingerprint density at radius 3 is 2.52 bits per heavy atom. The van der Waals surface area contributed by atoms with Gasteiger partial charge in [-0.25, -0.2) is 4.79 Å². The van der Waals surface area contributed by atoms with Crippen LogP contribution in [0, 0.1) is 0 Å². The van der Waals surface area contributed by atoms with Crippen LogP contribution in [0.5, 0.6) is 5.75 Å². The van der Waals surface area contributed by atoms with Gasteiger partial charge in [-0.15, -0.1) is 0 Å². The van der Waals surface area contributed by atoms with Crippen LogP contribution >= 0.6 is 0 Å². The molecule has 3 rings (SSSR count). The normalized spacial score (nSPS) is 13.8. The van der Waals surface area contributed by atoms with Gasteiger partial charge in [-0.3, -0.25) is 4.79 Å². The van der Waals surface area contributed by atoms with E-state index in [-0.39, 0.29) is 17.7 Å². The first-order valence-corrected chi connectivity index (χ1v) is 10.0. The van der Waals surface area contributed by atoms with Crippen LogP contribution in [0.4, 0.5) is 16.2 Å². The highest BCUT2D eigenvalue weighted by Gasteiger charge is 2.22. The van der Waals surface area contributed by atoms with E-state index < -0.39 is 0 Å². The molecule has 1 aliphatic rings. The van der Waals surface area contributed by atoms with Crippen molar-refractivity contribution in [2.45, 2.75) is 26.3 Å². The second kappa shape index (κ2) is 9.82. The fourth-order valence-electron chi connectivity index (χ4n) is 3.38. The van der Waals surface area contributed by atoms with E-state index in [9.17, 15) is 14.7 Å². The molecule has 154 valence electrons. The van der Waals surface area contributed by atoms with Gasteiger partial charge >= 0.3 is 6.03 Å². The van der Waals surface area contributed by atoms with Crippen LogP contribution in [0.1, 0.15) is 25.3 Å². The van der Waals surface area contributed by atoms with Crippen molar-refractivity contribution in [3.63, 3.8) is 0 Å². The molecule has 0 radical (unpaired) electrons. The molecule has 0 unspecified atom stereocenters. The molecule has 1 heterocycles. The van der Waals surface area contributed by atoms with Crippen LogP contribution in [0.15, 0.2) is 48.5 Å². The summed E-state index contributed by atoms with van der Waals surface area (Å²) >= 11 is 0. The molecule has 29 heavy (non-hydrogen) atoms. The average molecular weight is 396 g/mol. The minimum Gasteiger partial charge on any atom is -0.506 e. The summed E-state index contributed by atoms with van der Waals surface area (Å²) in [5.41, 5.74) is 2.47. The Bertz CT molecular complexity index is 847. The zero-order chi connectivity index (χ0) is 20.6. The smallest absolute Gasteiger partial charge is 0.317 e. The third kappa shape index (κ3) is 5.63. The molecule has 0 spiro atoms. The first kappa shape index (κ1) is 20.5. The lowest BCUT2D eigenvalue weighted by molar-refractivity contribution is -0.116. The monoisotopic (exact) mass is 396 g/mol. The number of piperazine rings is 1. The SMILES string of the molecule is CCCC(=O)Nc1cccc(CNC(=O)N2CCN(c3ccccc3O)CC2)c1. The van der Waals surface area contributed by atoms with Gasteiger partial charge in [0.2, 0.25) is 5.91 Å². The van der Waals surface area contributed by atoms with E-state index in [0.29, 0.717) is 39.1 Å². The second-order valence-electron chi connectivity index (χ2n) is 7.12. The molecule has 1 saturated heterocycles. The number of carbonyl (C=O) groups excluding carboxylic acids is 2. The number of benzene rings is 2. The zero-order valence-electron chi connectivity index (χ0n) is 16.7. The molecule has 3 N–H and O–H groups in total. The molecule has 0 saturated carbocycles. The van der Waals surface area contributed by atoms with E-state index in [4.69, 9.17) is 0 Å². The van der Waals surface area contributed by atoms with Gasteiger partial charge in [-0.2, -0.15) is 0 Å². The minimum atomic E-state index is -0.109. The maximum Gasteiger partial charge on any atom is 0.317 e. The van der Waals surface area contributed by atoms with Crippen molar-refractivity contribution in [1.29, 1.82) is 0 Å². The summed E-state index contributed by atoms with van der Waals surface area (Å²) in [4.78, 5) is 28.1. The fraction of sp³-hybridized carbons (Fsp3) is 0.364. The van der Waals surface area contributed by atoms with Crippen LogP contribution < -0.4 is 15.5 Å². The number of carbonyl (C=O) groups is 2. The highest BCUT2D eigenvalue weighted by Crippen LogP contribution is 2.27. The molecule has 7 heteroatoms. The average Bonchev–Trinajstić information content (AvgIpc) is 2.73. The number of aromatic hydroxyl groups is 1. The Hall–Kier alpha value is -3.22. The van der Waals surface area contributed by atoms with Crippen molar-refractivity contribution >= 4 is 23.3 Å². The van der Waals surface area contributed by atoms with Gasteiger partial charge in [0, 0.05) is 44.8 Å². The molecule has 0 atom stereocenters. The molecule has 1 fully saturated rings. The molecule has 0 bridgehead atoms. The maximum absolute atomic E-state index is 12.5. The summed E-state index contributed by atoms with van der Waals surface area (Å²) in [6.07, 6.45) is 1.30. The number of rotatable bonds is 6. The third-order valence-corrected chi connectivity index (χ3v) is 4.92. The van der Waals surface area contributed by atoms with Crippen molar-refractivity contribution in [1.82, 2.24) is 10.2 Å². The Morgan fingerprint density at radius 1 is 1.03 bits per heavy atom. The molecule has 3 amide bonds. The van der Waals surface area contributed by atoms with E-state index >= 15 is 0 Å². The highest BCUT2D eigenvalue weighted by molar-refractivity contribution is 5.90. The number of hydrogen-bond acceptors (Lipinski definition) is 4. The molecule has 2 aromatic carbocycles. The van der Waals surface area contributed by atoms with Gasteiger partial charge < -0.3 is 25.5 Å². The summed E-state index contributed by atoms with van der Waals surface area (Å²) in [6, 6.07) is 14.7. The highest BCUT2D eigenvalue weighted by atomic mass is 16.3. The quantitative estimate of drug-likeness (QED) is 0.700. The number of phenols is 1. The zero-order valence-corrected chi connectivity index (χ0v) is 16.7. The van der Waals surface area contributed by atoms with Gasteiger partial charge in [0.15, 0.2) is 0 Å². The topological polar surface area (TPSA) is 84.9 Å². The summed E-state index contributed by atoms with van der Waals surface area (Å²) in [5.74, 6) is 0.257. The van der Waals surface area contributed by atoms with Gasteiger partial charge in [-0.1, -0.05) is 31.2 Å². The number of hydrogen-bond donors (Lipinski definition) is 3. The van der Waals surface area contributed by atoms with Crippen molar-refractivity contribution in [3.8, 4) is 5.75 Å². The van der Waals surface area contributed by atoms with Gasteiger partial charge in [0.1, 0.15) is 5.75 Å². The fourth-order valence-corrected chi connectivity index (χ4v) is 3.38. The number of amides is 3. The third-order valence-electron chi connectivity index (χ3n) is 4.92. The van der Waals surface area contributed by atoms with Crippen molar-refractivity contribution in [3.05, 3.63) is 54.1 Å². The molecule has 1 aliphatic heterocycles. The number of para-hydroxylation sites is 2. The van der Waals surface area contributed by atoms with E-state index in [0.717, 1.165) is 23.4 Å².